The Morgan fingerprint density at radius 2 is 1.82 bits per heavy atom. The van der Waals surface area contributed by atoms with Crippen molar-refractivity contribution in [1.82, 2.24) is 5.32 Å². The summed E-state index contributed by atoms with van der Waals surface area (Å²) in [6.07, 6.45) is 1.12. The van der Waals surface area contributed by atoms with E-state index in [1.807, 2.05) is 13.1 Å². The number of hydrogen-bond acceptors (Lipinski definition) is 1. The van der Waals surface area contributed by atoms with E-state index in [1.165, 1.54) is 5.56 Å². The van der Waals surface area contributed by atoms with E-state index in [9.17, 15) is 0 Å². The fraction of sp³-hybridized carbons (Fsp3) is 0.333. The summed E-state index contributed by atoms with van der Waals surface area (Å²) in [5.74, 6) is 0. The molecule has 1 N–H and O–H groups in total. The van der Waals surface area contributed by atoms with Gasteiger partial charge >= 0.3 is 0 Å². The molecule has 11 heavy (non-hydrogen) atoms. The monoisotopic (exact) mass is 171 g/mol. The van der Waals surface area contributed by atoms with E-state index in [4.69, 9.17) is 0 Å². The minimum Gasteiger partial charge on any atom is -0.319 e. The summed E-state index contributed by atoms with van der Waals surface area (Å²) in [7, 11) is 1.98. The Hall–Kier alpha value is -0.530. The van der Waals surface area contributed by atoms with Gasteiger partial charge < -0.3 is 5.32 Å². The summed E-state index contributed by atoms with van der Waals surface area (Å²) in [4.78, 5) is 0. The van der Waals surface area contributed by atoms with Crippen LogP contribution in [0.5, 0.6) is 0 Å². The van der Waals surface area contributed by atoms with Crippen molar-refractivity contribution in [3.05, 3.63) is 35.9 Å². The molecule has 2 heteroatoms. The van der Waals surface area contributed by atoms with Gasteiger partial charge in [0.1, 0.15) is 0 Å². The Labute approximate surface area is 74.2 Å². The second-order valence-corrected chi connectivity index (χ2v) is 2.34. The summed E-state index contributed by atoms with van der Waals surface area (Å²) in [6.45, 7) is 1.06. The third-order valence-electron chi connectivity index (χ3n) is 1.51. The summed E-state index contributed by atoms with van der Waals surface area (Å²) in [5.41, 5.74) is 1.40. The Balaban J connectivity index is 0.000001000. The highest BCUT2D eigenvalue weighted by Crippen LogP contribution is 1.97. The smallest absolute Gasteiger partial charge is 0.00114 e. The fourth-order valence-electron chi connectivity index (χ4n) is 0.914. The van der Waals surface area contributed by atoms with Gasteiger partial charge in [-0.25, -0.2) is 0 Å². The van der Waals surface area contributed by atoms with Crippen molar-refractivity contribution in [2.24, 2.45) is 0 Å². The summed E-state index contributed by atoms with van der Waals surface area (Å²) in [6, 6.07) is 10.5. The number of benzene rings is 1. The molecule has 0 heterocycles. The van der Waals surface area contributed by atoms with Crippen molar-refractivity contribution in [2.75, 3.05) is 13.6 Å². The average molecular weight is 172 g/mol. The number of rotatable bonds is 3. The molecule has 0 spiro atoms. The Morgan fingerprint density at radius 1 is 1.18 bits per heavy atom. The lowest BCUT2D eigenvalue weighted by molar-refractivity contribution is 0.792. The van der Waals surface area contributed by atoms with Crippen molar-refractivity contribution in [3.8, 4) is 0 Å². The summed E-state index contributed by atoms with van der Waals surface area (Å²) >= 11 is 0. The van der Waals surface area contributed by atoms with Crippen molar-refractivity contribution in [2.45, 2.75) is 6.42 Å². The van der Waals surface area contributed by atoms with Crippen molar-refractivity contribution in [3.63, 3.8) is 0 Å². The quantitative estimate of drug-likeness (QED) is 0.733. The molecule has 0 aromatic heterocycles. The topological polar surface area (TPSA) is 12.0 Å². The average Bonchev–Trinajstić information content (AvgIpc) is 2.03. The van der Waals surface area contributed by atoms with Crippen LogP contribution in [0.1, 0.15) is 5.56 Å². The highest BCUT2D eigenvalue weighted by molar-refractivity contribution is 5.85. The molecule has 0 saturated carbocycles. The predicted octanol–water partition coefficient (Wildman–Crippen LogP) is 1.87. The van der Waals surface area contributed by atoms with Crippen LogP contribution < -0.4 is 5.32 Å². The van der Waals surface area contributed by atoms with Crippen LogP contribution in [0.2, 0.25) is 0 Å². The van der Waals surface area contributed by atoms with E-state index >= 15 is 0 Å². The van der Waals surface area contributed by atoms with Gasteiger partial charge in [-0.15, -0.1) is 12.4 Å². The van der Waals surface area contributed by atoms with Crippen LogP contribution in [0.4, 0.5) is 0 Å². The molecule has 0 aliphatic heterocycles. The fourth-order valence-corrected chi connectivity index (χ4v) is 0.914. The first-order valence-electron chi connectivity index (χ1n) is 3.62. The van der Waals surface area contributed by atoms with Gasteiger partial charge in [0, 0.05) is 0 Å². The third-order valence-corrected chi connectivity index (χ3v) is 1.51. The molecule has 0 unspecified atom stereocenters. The van der Waals surface area contributed by atoms with E-state index in [-0.39, 0.29) is 12.4 Å². The predicted molar refractivity (Wildman–Crippen MR) is 51.3 cm³/mol. The van der Waals surface area contributed by atoms with Crippen LogP contribution in [0.3, 0.4) is 0 Å². The van der Waals surface area contributed by atoms with E-state index < -0.39 is 0 Å². The molecule has 0 bridgehead atoms. The highest BCUT2D eigenvalue weighted by Gasteiger charge is 1.86. The first-order valence-corrected chi connectivity index (χ1v) is 3.62. The van der Waals surface area contributed by atoms with Gasteiger partial charge in [-0.05, 0) is 25.6 Å². The van der Waals surface area contributed by atoms with Gasteiger partial charge in [0.05, 0.1) is 0 Å². The second kappa shape index (κ2) is 6.20. The molecule has 0 aliphatic carbocycles. The van der Waals surface area contributed by atoms with E-state index in [0.717, 1.165) is 13.0 Å². The van der Waals surface area contributed by atoms with Crippen LogP contribution in [0.15, 0.2) is 30.3 Å². The maximum Gasteiger partial charge on any atom is -0.00114 e. The van der Waals surface area contributed by atoms with Crippen LogP contribution in [0, 0.1) is 0 Å². The molecule has 1 nitrogen and oxygen atoms in total. The number of hydrogen-bond donors (Lipinski definition) is 1. The van der Waals surface area contributed by atoms with E-state index in [2.05, 4.69) is 29.6 Å². The van der Waals surface area contributed by atoms with Gasteiger partial charge in [0.2, 0.25) is 0 Å². The first kappa shape index (κ1) is 10.5. The number of halogens is 1. The summed E-state index contributed by atoms with van der Waals surface area (Å²) in [5, 5.41) is 3.12. The lowest BCUT2D eigenvalue weighted by Crippen LogP contribution is -2.09. The molecule has 0 radical (unpaired) electrons. The zero-order valence-electron chi connectivity index (χ0n) is 6.71. The lowest BCUT2D eigenvalue weighted by Gasteiger charge is -1.97. The van der Waals surface area contributed by atoms with E-state index in [1.54, 1.807) is 0 Å². The maximum atomic E-state index is 3.12. The molecule has 0 amide bonds. The largest absolute Gasteiger partial charge is 0.319 e. The number of nitrogens with one attached hydrogen (secondary N) is 1. The highest BCUT2D eigenvalue weighted by atomic mass is 35.5. The van der Waals surface area contributed by atoms with Gasteiger partial charge in [-0.2, -0.15) is 0 Å². The van der Waals surface area contributed by atoms with Gasteiger partial charge in [-0.3, -0.25) is 0 Å². The minimum atomic E-state index is 0. The maximum absolute atomic E-state index is 3.12. The molecule has 0 saturated heterocycles. The van der Waals surface area contributed by atoms with Crippen LogP contribution in [0.25, 0.3) is 0 Å². The van der Waals surface area contributed by atoms with Crippen molar-refractivity contribution < 1.29 is 0 Å². The molecular formula is C9H14ClN. The Morgan fingerprint density at radius 3 is 2.36 bits per heavy atom. The van der Waals surface area contributed by atoms with Gasteiger partial charge in [0.15, 0.2) is 0 Å². The third kappa shape index (κ3) is 4.02. The van der Waals surface area contributed by atoms with E-state index in [0.29, 0.717) is 0 Å². The normalized spacial score (nSPS) is 8.82. The molecular weight excluding hydrogens is 158 g/mol. The zero-order chi connectivity index (χ0) is 7.23. The molecule has 1 rings (SSSR count). The zero-order valence-corrected chi connectivity index (χ0v) is 7.53. The van der Waals surface area contributed by atoms with Crippen molar-refractivity contribution in [1.29, 1.82) is 0 Å². The number of likely N-dealkylation sites (N-methyl/N-ethyl adjacent to an activating group) is 1. The minimum absolute atomic E-state index is 0. The van der Waals surface area contributed by atoms with Crippen LogP contribution in [-0.2, 0) is 6.42 Å². The molecule has 1 aromatic carbocycles. The van der Waals surface area contributed by atoms with Crippen LogP contribution >= 0.6 is 12.4 Å². The molecule has 62 valence electrons. The molecule has 0 fully saturated rings. The Bertz CT molecular complexity index is 174. The van der Waals surface area contributed by atoms with Gasteiger partial charge in [0.25, 0.3) is 0 Å². The first-order chi connectivity index (χ1) is 4.93. The van der Waals surface area contributed by atoms with Gasteiger partial charge in [-0.1, -0.05) is 30.3 Å². The Kier molecular flexibility index (Phi) is 5.90. The summed E-state index contributed by atoms with van der Waals surface area (Å²) < 4.78 is 0. The second-order valence-electron chi connectivity index (χ2n) is 2.34. The standard InChI is InChI=1S/C9H13N.ClH/c1-10-8-7-9-5-3-2-4-6-9;/h2-6,10H,7-8H2,1H3;1H. The molecule has 0 atom stereocenters. The van der Waals surface area contributed by atoms with Crippen LogP contribution in [-0.4, -0.2) is 13.6 Å². The molecule has 0 aliphatic rings. The molecule has 1 aromatic rings. The van der Waals surface area contributed by atoms with Crippen molar-refractivity contribution >= 4 is 12.4 Å². The SMILES string of the molecule is CNCCc1ccccc1.Cl. The lowest BCUT2D eigenvalue weighted by atomic mass is 10.2.